The van der Waals surface area contributed by atoms with Crippen molar-refractivity contribution in [1.29, 1.82) is 0 Å². The van der Waals surface area contributed by atoms with Crippen LogP contribution in [0.25, 0.3) is 0 Å². The van der Waals surface area contributed by atoms with Crippen molar-refractivity contribution < 1.29 is 5.11 Å². The fourth-order valence-corrected chi connectivity index (χ4v) is 4.27. The minimum atomic E-state index is -0.508. The van der Waals surface area contributed by atoms with E-state index in [-0.39, 0.29) is 5.41 Å². The number of piperidine rings is 1. The molecule has 0 atom stereocenters. The molecule has 1 aliphatic carbocycles. The van der Waals surface area contributed by atoms with Gasteiger partial charge in [-0.2, -0.15) is 0 Å². The number of hydrogen-bond acceptors (Lipinski definition) is 3. The van der Waals surface area contributed by atoms with Crippen LogP contribution in [0.15, 0.2) is 0 Å². The summed E-state index contributed by atoms with van der Waals surface area (Å²) in [5, 5.41) is 11.2. The predicted octanol–water partition coefficient (Wildman–Crippen LogP) is 2.38. The molecular weight excluding hydrogens is 236 g/mol. The van der Waals surface area contributed by atoms with Gasteiger partial charge in [-0.05, 0) is 51.0 Å². The summed E-state index contributed by atoms with van der Waals surface area (Å²) in [6.45, 7) is 8.32. The molecule has 0 aromatic heterocycles. The van der Waals surface area contributed by atoms with Gasteiger partial charge in [0.2, 0.25) is 0 Å². The van der Waals surface area contributed by atoms with Crippen molar-refractivity contribution in [2.24, 2.45) is 17.1 Å². The first-order valence-corrected chi connectivity index (χ1v) is 8.24. The molecule has 19 heavy (non-hydrogen) atoms. The second-order valence-corrected chi connectivity index (χ2v) is 6.80. The topological polar surface area (TPSA) is 49.5 Å². The summed E-state index contributed by atoms with van der Waals surface area (Å²) in [5.41, 5.74) is 5.63. The molecule has 0 aromatic rings. The van der Waals surface area contributed by atoms with Crippen LogP contribution in [0.4, 0.5) is 0 Å². The Kier molecular flexibility index (Phi) is 4.91. The lowest BCUT2D eigenvalue weighted by Gasteiger charge is -2.53. The highest BCUT2D eigenvalue weighted by molar-refractivity contribution is 5.04. The van der Waals surface area contributed by atoms with Crippen molar-refractivity contribution in [3.8, 4) is 0 Å². The predicted molar refractivity (Wildman–Crippen MR) is 80.0 cm³/mol. The maximum atomic E-state index is 11.2. The Morgan fingerprint density at radius 1 is 1.11 bits per heavy atom. The number of hydrogen-bond donors (Lipinski definition) is 2. The monoisotopic (exact) mass is 268 g/mol. The third-order valence-electron chi connectivity index (χ3n) is 6.15. The van der Waals surface area contributed by atoms with Crippen LogP contribution < -0.4 is 5.73 Å². The van der Waals surface area contributed by atoms with Gasteiger partial charge in [0, 0.05) is 25.0 Å². The van der Waals surface area contributed by atoms with Crippen molar-refractivity contribution in [1.82, 2.24) is 4.90 Å². The molecule has 3 heteroatoms. The minimum absolute atomic E-state index is 0.00149. The van der Waals surface area contributed by atoms with Gasteiger partial charge in [-0.15, -0.1) is 0 Å². The number of likely N-dealkylation sites (tertiary alicyclic amines) is 1. The summed E-state index contributed by atoms with van der Waals surface area (Å²) < 4.78 is 0. The molecule has 2 rings (SSSR count). The van der Waals surface area contributed by atoms with Crippen LogP contribution in [0.5, 0.6) is 0 Å². The number of nitrogens with two attached hydrogens (primary N) is 1. The molecule has 0 radical (unpaired) electrons. The molecule has 3 N–H and O–H groups in total. The Hall–Kier alpha value is -0.120. The van der Waals surface area contributed by atoms with Crippen LogP contribution in [0.3, 0.4) is 0 Å². The average molecular weight is 268 g/mol. The molecule has 2 fully saturated rings. The van der Waals surface area contributed by atoms with Crippen LogP contribution in [0, 0.1) is 11.3 Å². The van der Waals surface area contributed by atoms with E-state index >= 15 is 0 Å². The molecule has 0 spiro atoms. The largest absolute Gasteiger partial charge is 0.389 e. The lowest BCUT2D eigenvalue weighted by atomic mass is 9.58. The van der Waals surface area contributed by atoms with E-state index in [4.69, 9.17) is 5.73 Å². The van der Waals surface area contributed by atoms with E-state index in [2.05, 4.69) is 18.7 Å². The molecule has 112 valence electrons. The van der Waals surface area contributed by atoms with Gasteiger partial charge in [0.25, 0.3) is 0 Å². The first-order valence-electron chi connectivity index (χ1n) is 8.24. The van der Waals surface area contributed by atoms with E-state index in [1.165, 1.54) is 19.3 Å². The van der Waals surface area contributed by atoms with Crippen LogP contribution in [-0.2, 0) is 0 Å². The van der Waals surface area contributed by atoms with E-state index in [1.54, 1.807) is 0 Å². The summed E-state index contributed by atoms with van der Waals surface area (Å²) in [6, 6.07) is 0. The van der Waals surface area contributed by atoms with Crippen molar-refractivity contribution in [2.75, 3.05) is 26.2 Å². The number of nitrogens with zero attached hydrogens (tertiary/aromatic N) is 1. The molecule has 1 saturated heterocycles. The summed E-state index contributed by atoms with van der Waals surface area (Å²) in [6.07, 6.45) is 7.88. The van der Waals surface area contributed by atoms with Crippen molar-refractivity contribution >= 4 is 0 Å². The smallest absolute Gasteiger partial charge is 0.0740 e. The molecule has 3 nitrogen and oxygen atoms in total. The van der Waals surface area contributed by atoms with Gasteiger partial charge in [-0.3, -0.25) is 0 Å². The number of aliphatic hydroxyl groups is 1. The van der Waals surface area contributed by atoms with Gasteiger partial charge < -0.3 is 15.7 Å². The Morgan fingerprint density at radius 3 is 2.11 bits per heavy atom. The van der Waals surface area contributed by atoms with Gasteiger partial charge in [0.05, 0.1) is 5.60 Å². The van der Waals surface area contributed by atoms with Crippen LogP contribution in [0.1, 0.15) is 58.8 Å². The lowest BCUT2D eigenvalue weighted by molar-refractivity contribution is -0.136. The fourth-order valence-electron chi connectivity index (χ4n) is 4.27. The molecule has 0 aromatic carbocycles. The van der Waals surface area contributed by atoms with Gasteiger partial charge >= 0.3 is 0 Å². The first kappa shape index (κ1) is 15.3. The molecule has 1 aliphatic heterocycles. The van der Waals surface area contributed by atoms with Gasteiger partial charge in [-0.25, -0.2) is 0 Å². The maximum absolute atomic E-state index is 11.2. The Labute approximate surface area is 118 Å². The highest BCUT2D eigenvalue weighted by Crippen LogP contribution is 2.50. The molecule has 1 saturated carbocycles. The maximum Gasteiger partial charge on any atom is 0.0740 e. The summed E-state index contributed by atoms with van der Waals surface area (Å²) >= 11 is 0. The highest BCUT2D eigenvalue weighted by Gasteiger charge is 2.51. The quantitative estimate of drug-likeness (QED) is 0.823. The zero-order valence-corrected chi connectivity index (χ0v) is 12.8. The van der Waals surface area contributed by atoms with Crippen LogP contribution in [0.2, 0.25) is 0 Å². The highest BCUT2D eigenvalue weighted by atomic mass is 16.3. The number of rotatable bonds is 4. The average Bonchev–Trinajstić information content (AvgIpc) is 2.48. The van der Waals surface area contributed by atoms with Gasteiger partial charge in [-0.1, -0.05) is 20.3 Å². The first-order chi connectivity index (χ1) is 9.09. The van der Waals surface area contributed by atoms with Gasteiger partial charge in [0.1, 0.15) is 0 Å². The molecule has 1 heterocycles. The van der Waals surface area contributed by atoms with E-state index < -0.39 is 5.60 Å². The molecule has 0 bridgehead atoms. The van der Waals surface area contributed by atoms with Crippen molar-refractivity contribution in [2.45, 2.75) is 64.4 Å². The van der Waals surface area contributed by atoms with Gasteiger partial charge in [0.15, 0.2) is 0 Å². The third kappa shape index (κ3) is 2.84. The summed E-state index contributed by atoms with van der Waals surface area (Å²) in [4.78, 5) is 2.44. The van der Waals surface area contributed by atoms with Crippen LogP contribution in [-0.4, -0.2) is 41.8 Å². The Bertz CT molecular complexity index is 276. The third-order valence-corrected chi connectivity index (χ3v) is 6.15. The molecule has 2 aliphatic rings. The summed E-state index contributed by atoms with van der Waals surface area (Å²) in [7, 11) is 0. The van der Waals surface area contributed by atoms with Crippen LogP contribution >= 0.6 is 0 Å². The standard InChI is InChI=1S/C16H32N2O/c1-3-14-5-7-15(13-17,8-6-14)16(19)9-11-18(4-2)12-10-16/h14,19H,3-13,17H2,1-2H3. The lowest BCUT2D eigenvalue weighted by Crippen LogP contribution is -2.59. The second kappa shape index (κ2) is 6.11. The Balaban J connectivity index is 2.05. The molecule has 0 unspecified atom stereocenters. The molecule has 0 amide bonds. The van der Waals surface area contributed by atoms with E-state index in [0.717, 1.165) is 51.2 Å². The minimum Gasteiger partial charge on any atom is -0.389 e. The van der Waals surface area contributed by atoms with Crippen molar-refractivity contribution in [3.63, 3.8) is 0 Å². The van der Waals surface area contributed by atoms with E-state index in [1.807, 2.05) is 0 Å². The normalized spacial score (nSPS) is 36.3. The Morgan fingerprint density at radius 2 is 1.68 bits per heavy atom. The van der Waals surface area contributed by atoms with E-state index in [9.17, 15) is 5.11 Å². The zero-order valence-electron chi connectivity index (χ0n) is 12.8. The molecular formula is C16H32N2O. The summed E-state index contributed by atoms with van der Waals surface area (Å²) in [5.74, 6) is 0.860. The van der Waals surface area contributed by atoms with E-state index in [0.29, 0.717) is 6.54 Å². The van der Waals surface area contributed by atoms with Crippen molar-refractivity contribution in [3.05, 3.63) is 0 Å². The second-order valence-electron chi connectivity index (χ2n) is 6.80. The SMILES string of the molecule is CCC1CCC(CN)(C2(O)CCN(CC)CC2)CC1. The zero-order chi connectivity index (χ0) is 13.9. The fraction of sp³-hybridized carbons (Fsp3) is 1.00.